The van der Waals surface area contributed by atoms with Crippen LogP contribution in [0.2, 0.25) is 5.02 Å². The van der Waals surface area contributed by atoms with Gasteiger partial charge in [0, 0.05) is 17.6 Å². The first-order valence-electron chi connectivity index (χ1n) is 12.2. The van der Waals surface area contributed by atoms with Crippen LogP contribution >= 0.6 is 27.5 Å². The van der Waals surface area contributed by atoms with Crippen LogP contribution in [0, 0.1) is 27.4 Å². The van der Waals surface area contributed by atoms with E-state index in [2.05, 4.69) is 31.4 Å². The lowest BCUT2D eigenvalue weighted by Gasteiger charge is -2.61. The van der Waals surface area contributed by atoms with Crippen LogP contribution in [0.15, 0.2) is 47.3 Å². The Morgan fingerprint density at radius 2 is 1.97 bits per heavy atom. The molecule has 4 aliphatic rings. The number of benzene rings is 1. The fourth-order valence-corrected chi connectivity index (χ4v) is 8.03. The maximum absolute atomic E-state index is 13.3. The van der Waals surface area contributed by atoms with Gasteiger partial charge in [0.1, 0.15) is 12.4 Å². The predicted molar refractivity (Wildman–Crippen MR) is 138 cm³/mol. The van der Waals surface area contributed by atoms with Gasteiger partial charge in [-0.2, -0.15) is 10.2 Å². The van der Waals surface area contributed by atoms with E-state index in [-0.39, 0.29) is 22.5 Å². The van der Waals surface area contributed by atoms with Gasteiger partial charge < -0.3 is 5.32 Å². The van der Waals surface area contributed by atoms with Gasteiger partial charge in [0.25, 0.3) is 0 Å². The summed E-state index contributed by atoms with van der Waals surface area (Å²) in [6, 6.07) is 7.62. The quantitative estimate of drug-likeness (QED) is 0.285. The molecular formula is C25H26BrClN6O3. The van der Waals surface area contributed by atoms with Crippen LogP contribution in [0.4, 0.5) is 11.5 Å². The van der Waals surface area contributed by atoms with Crippen molar-refractivity contribution < 1.29 is 9.72 Å². The monoisotopic (exact) mass is 572 g/mol. The standard InChI is InChI=1S/C25H26BrClN6O3/c26-20-14-31(12-18-3-1-2-4-21(18)27)30-23(20)29-22(34)10-24-6-16-5-17(7-24)9-25(8-16,15-24)32-13-19(11-28-32)33(35)36/h1-4,11,13-14,16-17H,5-10,12,15H2,(H,29,30,34). The highest BCUT2D eigenvalue weighted by Gasteiger charge is 2.59. The number of rotatable bonds is 7. The molecule has 0 saturated heterocycles. The van der Waals surface area contributed by atoms with E-state index in [0.717, 1.165) is 37.7 Å². The van der Waals surface area contributed by atoms with Crippen molar-refractivity contribution in [2.45, 2.75) is 57.0 Å². The Labute approximate surface area is 221 Å². The lowest BCUT2D eigenvalue weighted by molar-refractivity contribution is -0.385. The summed E-state index contributed by atoms with van der Waals surface area (Å²) >= 11 is 9.81. The lowest BCUT2D eigenvalue weighted by atomic mass is 9.46. The summed E-state index contributed by atoms with van der Waals surface area (Å²) in [5.74, 6) is 1.48. The van der Waals surface area contributed by atoms with Gasteiger partial charge in [0.05, 0.1) is 21.5 Å². The Balaban J connectivity index is 1.18. The SMILES string of the molecule is O=C(CC12CC3CC(C1)CC(n1cc([N+](=O)[O-])cn1)(C3)C2)Nc1nn(Cc2ccccc2Cl)cc1Br. The van der Waals surface area contributed by atoms with Crippen molar-refractivity contribution in [1.29, 1.82) is 0 Å². The van der Waals surface area contributed by atoms with E-state index in [1.165, 1.54) is 12.6 Å². The summed E-state index contributed by atoms with van der Waals surface area (Å²) in [5, 5.41) is 23.9. The highest BCUT2D eigenvalue weighted by Crippen LogP contribution is 2.65. The van der Waals surface area contributed by atoms with E-state index in [4.69, 9.17) is 11.6 Å². The van der Waals surface area contributed by atoms with Crippen molar-refractivity contribution in [2.24, 2.45) is 17.3 Å². The van der Waals surface area contributed by atoms with E-state index < -0.39 is 4.92 Å². The number of hydrogen-bond donors (Lipinski definition) is 1. The van der Waals surface area contributed by atoms with Crippen LogP contribution in [0.3, 0.4) is 0 Å². The Hall–Kier alpha value is -2.72. The molecule has 1 amide bonds. The van der Waals surface area contributed by atoms with Gasteiger partial charge in [-0.1, -0.05) is 29.8 Å². The number of carbonyl (C=O) groups is 1. The van der Waals surface area contributed by atoms with Gasteiger partial charge in [0.15, 0.2) is 5.82 Å². The molecule has 11 heteroatoms. The van der Waals surface area contributed by atoms with Crippen LogP contribution in [0.25, 0.3) is 0 Å². The molecule has 4 saturated carbocycles. The predicted octanol–water partition coefficient (Wildman–Crippen LogP) is 5.78. The van der Waals surface area contributed by atoms with Gasteiger partial charge >= 0.3 is 5.69 Å². The fraction of sp³-hybridized carbons (Fsp3) is 0.480. The first-order valence-corrected chi connectivity index (χ1v) is 13.4. The topological polar surface area (TPSA) is 108 Å². The van der Waals surface area contributed by atoms with Crippen LogP contribution in [-0.2, 0) is 16.9 Å². The molecule has 9 nitrogen and oxygen atoms in total. The molecule has 2 aromatic heterocycles. The van der Waals surface area contributed by atoms with Gasteiger partial charge in [-0.05, 0) is 83.3 Å². The summed E-state index contributed by atoms with van der Waals surface area (Å²) in [7, 11) is 0. The molecule has 2 atom stereocenters. The molecule has 1 aromatic carbocycles. The van der Waals surface area contributed by atoms with Crippen LogP contribution in [-0.4, -0.2) is 30.4 Å². The summed E-state index contributed by atoms with van der Waals surface area (Å²) < 4.78 is 4.31. The lowest BCUT2D eigenvalue weighted by Crippen LogP contribution is -2.57. The zero-order valence-corrected chi connectivity index (χ0v) is 21.9. The summed E-state index contributed by atoms with van der Waals surface area (Å²) in [6.45, 7) is 0.500. The molecule has 7 rings (SSSR count). The molecule has 3 aromatic rings. The number of hydrogen-bond acceptors (Lipinski definition) is 5. The molecule has 0 spiro atoms. The number of amides is 1. The average Bonchev–Trinajstić information content (AvgIpc) is 3.42. The van der Waals surface area contributed by atoms with E-state index in [1.807, 2.05) is 35.1 Å². The summed E-state index contributed by atoms with van der Waals surface area (Å²) in [6.07, 6.45) is 11.1. The Morgan fingerprint density at radius 1 is 1.22 bits per heavy atom. The van der Waals surface area contributed by atoms with Gasteiger partial charge in [0.2, 0.25) is 5.91 Å². The van der Waals surface area contributed by atoms with Gasteiger partial charge in [-0.25, -0.2) is 0 Å². The Morgan fingerprint density at radius 3 is 2.67 bits per heavy atom. The van der Waals surface area contributed by atoms with Crippen LogP contribution < -0.4 is 5.32 Å². The molecule has 2 unspecified atom stereocenters. The van der Waals surface area contributed by atoms with Crippen LogP contribution in [0.1, 0.15) is 50.5 Å². The third kappa shape index (κ3) is 4.24. The molecule has 188 valence electrons. The highest BCUT2D eigenvalue weighted by atomic mass is 79.9. The third-order valence-electron chi connectivity index (χ3n) is 8.22. The van der Waals surface area contributed by atoms with E-state index in [0.29, 0.717) is 40.1 Å². The van der Waals surface area contributed by atoms with Crippen molar-refractivity contribution in [3.8, 4) is 0 Å². The Bertz CT molecular complexity index is 1340. The van der Waals surface area contributed by atoms with Gasteiger partial charge in [-0.3, -0.25) is 24.3 Å². The van der Waals surface area contributed by atoms with Crippen LogP contribution in [0.5, 0.6) is 0 Å². The molecule has 0 radical (unpaired) electrons. The van der Waals surface area contributed by atoms with E-state index in [1.54, 1.807) is 10.9 Å². The average molecular weight is 574 g/mol. The molecule has 2 heterocycles. The molecule has 4 bridgehead atoms. The fourth-order valence-electron chi connectivity index (χ4n) is 7.42. The Kier molecular flexibility index (Phi) is 5.71. The molecular weight excluding hydrogens is 548 g/mol. The zero-order valence-electron chi connectivity index (χ0n) is 19.6. The zero-order chi connectivity index (χ0) is 25.1. The molecule has 4 aliphatic carbocycles. The summed E-state index contributed by atoms with van der Waals surface area (Å²) in [5.41, 5.74) is 0.608. The van der Waals surface area contributed by atoms with Crippen molar-refractivity contribution in [1.82, 2.24) is 19.6 Å². The highest BCUT2D eigenvalue weighted by molar-refractivity contribution is 9.10. The number of nitrogens with zero attached hydrogens (tertiary/aromatic N) is 5. The largest absolute Gasteiger partial charge is 0.308 e. The minimum atomic E-state index is -0.393. The number of aromatic nitrogens is 4. The number of nitro groups is 1. The second-order valence-corrected chi connectivity index (χ2v) is 12.2. The minimum Gasteiger partial charge on any atom is -0.308 e. The molecule has 0 aliphatic heterocycles. The van der Waals surface area contributed by atoms with Crippen molar-refractivity contribution in [3.05, 3.63) is 68.0 Å². The smallest absolute Gasteiger partial charge is 0.307 e. The maximum atomic E-state index is 13.3. The number of halogens is 2. The molecule has 4 fully saturated rings. The first-order chi connectivity index (χ1) is 17.2. The first kappa shape index (κ1) is 23.7. The van der Waals surface area contributed by atoms with E-state index >= 15 is 0 Å². The maximum Gasteiger partial charge on any atom is 0.307 e. The van der Waals surface area contributed by atoms with Crippen molar-refractivity contribution >= 4 is 44.9 Å². The molecule has 1 N–H and O–H groups in total. The van der Waals surface area contributed by atoms with Gasteiger partial charge in [-0.15, -0.1) is 0 Å². The normalized spacial score (nSPS) is 28.4. The number of anilines is 1. The second-order valence-electron chi connectivity index (χ2n) is 10.9. The van der Waals surface area contributed by atoms with E-state index in [9.17, 15) is 14.9 Å². The molecule has 36 heavy (non-hydrogen) atoms. The number of carbonyl (C=O) groups excluding carboxylic acids is 1. The summed E-state index contributed by atoms with van der Waals surface area (Å²) in [4.78, 5) is 24.2. The third-order valence-corrected chi connectivity index (χ3v) is 9.17. The second kappa shape index (κ2) is 8.69. The van der Waals surface area contributed by atoms with Crippen molar-refractivity contribution in [2.75, 3.05) is 5.32 Å². The van der Waals surface area contributed by atoms with Crippen molar-refractivity contribution in [3.63, 3.8) is 0 Å². The minimum absolute atomic E-state index is 0.0229. The number of nitrogens with one attached hydrogen (secondary N) is 1.